The van der Waals surface area contributed by atoms with Gasteiger partial charge >= 0.3 is 5.97 Å². The van der Waals surface area contributed by atoms with Crippen molar-refractivity contribution in [3.63, 3.8) is 0 Å². The number of hydrogen-bond donors (Lipinski definition) is 0. The molecule has 0 N–H and O–H groups in total. The number of allylic oxidation sites excluding steroid dienone is 6. The number of carbonyl (C=O) groups excluding carboxylic acids is 1. The first kappa shape index (κ1) is 17.9. The van der Waals surface area contributed by atoms with Crippen LogP contribution in [0.2, 0.25) is 0 Å². The summed E-state index contributed by atoms with van der Waals surface area (Å²) in [6, 6.07) is 4.02. The Bertz CT molecular complexity index is 503. The molecule has 0 bridgehead atoms. The van der Waals surface area contributed by atoms with Crippen LogP contribution in [-0.4, -0.2) is 17.1 Å². The van der Waals surface area contributed by atoms with E-state index in [1.54, 1.807) is 6.20 Å². The molecule has 118 valence electrons. The molecule has 3 heteroatoms. The molecule has 1 atom stereocenters. The monoisotopic (exact) mass is 299 g/mol. The second-order valence-electron chi connectivity index (χ2n) is 5.13. The normalized spacial score (nSPS) is 13.2. The predicted molar refractivity (Wildman–Crippen MR) is 90.4 cm³/mol. The Labute approximate surface area is 133 Å². The molecule has 0 amide bonds. The molecule has 0 spiro atoms. The summed E-state index contributed by atoms with van der Waals surface area (Å²) in [6.07, 6.45) is 19.9. The molecule has 1 aromatic rings. The van der Waals surface area contributed by atoms with Crippen LogP contribution in [0, 0.1) is 0 Å². The standard InChI is InChI=1S/C19H25NO2/c1-17(22-18(2)21)12-9-7-5-3-4-6-8-10-13-19-14-11-15-20-16-19/h4-8,10-11,14-17H,3,9,12-13H2,1-2H3/b6-4+,7-5+,10-8+. The van der Waals surface area contributed by atoms with Crippen LogP contribution in [0.25, 0.3) is 0 Å². The van der Waals surface area contributed by atoms with Gasteiger partial charge < -0.3 is 4.74 Å². The third-order valence-electron chi connectivity index (χ3n) is 3.01. The van der Waals surface area contributed by atoms with E-state index in [1.807, 2.05) is 19.2 Å². The molecule has 0 aliphatic carbocycles. The second-order valence-corrected chi connectivity index (χ2v) is 5.13. The van der Waals surface area contributed by atoms with E-state index in [-0.39, 0.29) is 12.1 Å². The molecule has 0 saturated carbocycles. The summed E-state index contributed by atoms with van der Waals surface area (Å²) in [5, 5.41) is 0. The van der Waals surface area contributed by atoms with Crippen molar-refractivity contribution in [2.24, 2.45) is 0 Å². The van der Waals surface area contributed by atoms with Crippen LogP contribution in [-0.2, 0) is 16.0 Å². The number of nitrogens with zero attached hydrogens (tertiary/aromatic N) is 1. The lowest BCUT2D eigenvalue weighted by Gasteiger charge is -2.09. The third-order valence-corrected chi connectivity index (χ3v) is 3.01. The number of pyridine rings is 1. The Morgan fingerprint density at radius 3 is 2.82 bits per heavy atom. The SMILES string of the molecule is CC(=O)OC(C)CC/C=C/C/C=C/C=C/Cc1cccnc1. The van der Waals surface area contributed by atoms with Crippen molar-refractivity contribution in [1.29, 1.82) is 0 Å². The largest absolute Gasteiger partial charge is 0.463 e. The summed E-state index contributed by atoms with van der Waals surface area (Å²) in [7, 11) is 0. The van der Waals surface area contributed by atoms with E-state index >= 15 is 0 Å². The molecule has 0 fully saturated rings. The average Bonchev–Trinajstić information content (AvgIpc) is 2.49. The van der Waals surface area contributed by atoms with E-state index in [0.717, 1.165) is 25.7 Å². The van der Waals surface area contributed by atoms with Crippen molar-refractivity contribution in [2.75, 3.05) is 0 Å². The maximum Gasteiger partial charge on any atom is 0.302 e. The highest BCUT2D eigenvalue weighted by Gasteiger charge is 2.02. The number of esters is 1. The van der Waals surface area contributed by atoms with Gasteiger partial charge in [0.05, 0.1) is 6.10 Å². The predicted octanol–water partition coefficient (Wildman–Crippen LogP) is 4.41. The molecular formula is C19H25NO2. The smallest absolute Gasteiger partial charge is 0.302 e. The second kappa shape index (κ2) is 11.5. The molecule has 0 aliphatic rings. The topological polar surface area (TPSA) is 39.2 Å². The van der Waals surface area contributed by atoms with E-state index in [2.05, 4.69) is 47.5 Å². The number of carbonyl (C=O) groups is 1. The average molecular weight is 299 g/mol. The molecule has 1 heterocycles. The molecule has 3 nitrogen and oxygen atoms in total. The lowest BCUT2D eigenvalue weighted by atomic mass is 10.2. The molecule has 0 radical (unpaired) electrons. The summed E-state index contributed by atoms with van der Waals surface area (Å²) in [4.78, 5) is 14.8. The van der Waals surface area contributed by atoms with E-state index in [9.17, 15) is 4.79 Å². The summed E-state index contributed by atoms with van der Waals surface area (Å²) < 4.78 is 5.06. The van der Waals surface area contributed by atoms with Gasteiger partial charge in [-0.25, -0.2) is 0 Å². The maximum atomic E-state index is 10.7. The zero-order valence-corrected chi connectivity index (χ0v) is 13.4. The van der Waals surface area contributed by atoms with Crippen LogP contribution in [0.1, 0.15) is 38.7 Å². The van der Waals surface area contributed by atoms with E-state index in [4.69, 9.17) is 4.74 Å². The Kier molecular flexibility index (Phi) is 9.35. The summed E-state index contributed by atoms with van der Waals surface area (Å²) in [5.74, 6) is -0.211. The van der Waals surface area contributed by atoms with Gasteiger partial charge in [0.2, 0.25) is 0 Å². The van der Waals surface area contributed by atoms with E-state index < -0.39 is 0 Å². The minimum Gasteiger partial charge on any atom is -0.463 e. The fourth-order valence-corrected chi connectivity index (χ4v) is 1.92. The van der Waals surface area contributed by atoms with Gasteiger partial charge in [-0.1, -0.05) is 42.5 Å². The van der Waals surface area contributed by atoms with Crippen LogP contribution < -0.4 is 0 Å². The van der Waals surface area contributed by atoms with Gasteiger partial charge in [-0.2, -0.15) is 0 Å². The van der Waals surface area contributed by atoms with Crippen LogP contribution >= 0.6 is 0 Å². The molecule has 1 rings (SSSR count). The Hall–Kier alpha value is -2.16. The first-order chi connectivity index (χ1) is 10.7. The van der Waals surface area contributed by atoms with Gasteiger partial charge in [0.1, 0.15) is 0 Å². The quantitative estimate of drug-likeness (QED) is 0.385. The number of rotatable bonds is 9. The molecule has 22 heavy (non-hydrogen) atoms. The highest BCUT2D eigenvalue weighted by molar-refractivity contribution is 5.66. The number of aromatic nitrogens is 1. The first-order valence-electron chi connectivity index (χ1n) is 7.71. The Balaban J connectivity index is 2.08. The minimum absolute atomic E-state index is 0.00639. The molecule has 1 unspecified atom stereocenters. The van der Waals surface area contributed by atoms with Crippen molar-refractivity contribution in [3.05, 3.63) is 66.5 Å². The Morgan fingerprint density at radius 1 is 1.27 bits per heavy atom. The number of hydrogen-bond acceptors (Lipinski definition) is 3. The van der Waals surface area contributed by atoms with Crippen molar-refractivity contribution in [3.8, 4) is 0 Å². The molecule has 1 aromatic heterocycles. The zero-order chi connectivity index (χ0) is 16.0. The number of ether oxygens (including phenoxy) is 1. The molecule has 0 aromatic carbocycles. The van der Waals surface area contributed by atoms with Gasteiger partial charge in [-0.05, 0) is 44.2 Å². The van der Waals surface area contributed by atoms with Gasteiger partial charge in [-0.15, -0.1) is 0 Å². The maximum absolute atomic E-state index is 10.7. The summed E-state index contributed by atoms with van der Waals surface area (Å²) in [5.41, 5.74) is 1.22. The molecule has 0 aliphatic heterocycles. The summed E-state index contributed by atoms with van der Waals surface area (Å²) in [6.45, 7) is 3.36. The third kappa shape index (κ3) is 9.70. The zero-order valence-electron chi connectivity index (χ0n) is 13.4. The van der Waals surface area contributed by atoms with Crippen molar-refractivity contribution in [2.45, 2.75) is 45.6 Å². The molecular weight excluding hydrogens is 274 g/mol. The fourth-order valence-electron chi connectivity index (χ4n) is 1.92. The van der Waals surface area contributed by atoms with Crippen LogP contribution in [0.5, 0.6) is 0 Å². The first-order valence-corrected chi connectivity index (χ1v) is 7.71. The van der Waals surface area contributed by atoms with Crippen molar-refractivity contribution < 1.29 is 9.53 Å². The highest BCUT2D eigenvalue weighted by Crippen LogP contribution is 2.03. The minimum atomic E-state index is -0.211. The highest BCUT2D eigenvalue weighted by atomic mass is 16.5. The van der Waals surface area contributed by atoms with Gasteiger partial charge in [0.15, 0.2) is 0 Å². The van der Waals surface area contributed by atoms with E-state index in [0.29, 0.717) is 0 Å². The van der Waals surface area contributed by atoms with Gasteiger partial charge in [0.25, 0.3) is 0 Å². The van der Waals surface area contributed by atoms with Crippen molar-refractivity contribution >= 4 is 5.97 Å². The van der Waals surface area contributed by atoms with Crippen LogP contribution in [0.4, 0.5) is 0 Å². The molecule has 0 saturated heterocycles. The van der Waals surface area contributed by atoms with Crippen LogP contribution in [0.3, 0.4) is 0 Å². The fraction of sp³-hybridized carbons (Fsp3) is 0.368. The van der Waals surface area contributed by atoms with Gasteiger partial charge in [0, 0.05) is 19.3 Å². The lowest BCUT2D eigenvalue weighted by molar-refractivity contribution is -0.145. The van der Waals surface area contributed by atoms with Gasteiger partial charge in [-0.3, -0.25) is 9.78 Å². The summed E-state index contributed by atoms with van der Waals surface area (Å²) >= 11 is 0. The lowest BCUT2D eigenvalue weighted by Crippen LogP contribution is -2.11. The van der Waals surface area contributed by atoms with Crippen molar-refractivity contribution in [1.82, 2.24) is 4.98 Å². The van der Waals surface area contributed by atoms with E-state index in [1.165, 1.54) is 12.5 Å². The Morgan fingerprint density at radius 2 is 2.09 bits per heavy atom. The van der Waals surface area contributed by atoms with Crippen LogP contribution in [0.15, 0.2) is 61.0 Å².